The summed E-state index contributed by atoms with van der Waals surface area (Å²) in [7, 11) is 0. The van der Waals surface area contributed by atoms with Crippen molar-refractivity contribution < 1.29 is 5.11 Å². The number of pyridine rings is 1. The summed E-state index contributed by atoms with van der Waals surface area (Å²) in [6.45, 7) is 0. The highest BCUT2D eigenvalue weighted by Crippen LogP contribution is 2.22. The number of rotatable bonds is 2. The van der Waals surface area contributed by atoms with E-state index in [0.29, 0.717) is 11.4 Å². The number of aromatic nitrogens is 1. The van der Waals surface area contributed by atoms with Crippen molar-refractivity contribution in [1.82, 2.24) is 4.98 Å². The Morgan fingerprint density at radius 3 is 2.68 bits per heavy atom. The number of anilines is 1. The number of fused-ring (bicyclic) bond motifs is 1. The lowest BCUT2D eigenvalue weighted by molar-refractivity contribution is 0.126. The lowest BCUT2D eigenvalue weighted by Crippen LogP contribution is -2.29. The van der Waals surface area contributed by atoms with Gasteiger partial charge in [-0.1, -0.05) is 18.2 Å². The average Bonchev–Trinajstić information content (AvgIpc) is 2.42. The third-order valence-electron chi connectivity index (χ3n) is 3.81. The molecule has 0 radical (unpaired) electrons. The fourth-order valence-electron chi connectivity index (χ4n) is 2.73. The molecule has 3 rings (SSSR count). The molecule has 0 spiro atoms. The fourth-order valence-corrected chi connectivity index (χ4v) is 2.73. The summed E-state index contributed by atoms with van der Waals surface area (Å²) in [4.78, 5) is 14.8. The van der Waals surface area contributed by atoms with Crippen LogP contribution in [-0.2, 0) is 0 Å². The van der Waals surface area contributed by atoms with Gasteiger partial charge in [-0.15, -0.1) is 0 Å². The molecular weight excluding hydrogens is 240 g/mol. The van der Waals surface area contributed by atoms with Crippen LogP contribution in [0.15, 0.2) is 35.1 Å². The van der Waals surface area contributed by atoms with Gasteiger partial charge >= 0.3 is 0 Å². The van der Waals surface area contributed by atoms with E-state index in [0.717, 1.165) is 36.9 Å². The number of H-pyrrole nitrogens is 1. The SMILES string of the molecule is O=c1[nH]c(NC2CCC(O)CC2)cc2ccccc12. The van der Waals surface area contributed by atoms with E-state index in [1.165, 1.54) is 0 Å². The Bertz CT molecular complexity index is 627. The van der Waals surface area contributed by atoms with Crippen molar-refractivity contribution >= 4 is 16.6 Å². The normalized spacial score (nSPS) is 23.4. The van der Waals surface area contributed by atoms with Crippen LogP contribution in [-0.4, -0.2) is 22.2 Å². The van der Waals surface area contributed by atoms with Crippen LogP contribution < -0.4 is 10.9 Å². The maximum absolute atomic E-state index is 12.0. The minimum absolute atomic E-state index is 0.0588. The molecule has 0 saturated heterocycles. The Kier molecular flexibility index (Phi) is 3.25. The van der Waals surface area contributed by atoms with E-state index in [2.05, 4.69) is 10.3 Å². The summed E-state index contributed by atoms with van der Waals surface area (Å²) in [5.41, 5.74) is -0.0588. The summed E-state index contributed by atoms with van der Waals surface area (Å²) in [5, 5.41) is 14.5. The topological polar surface area (TPSA) is 65.1 Å². The number of hydrogen-bond acceptors (Lipinski definition) is 3. The molecule has 0 aliphatic heterocycles. The predicted octanol–water partition coefficient (Wildman–Crippen LogP) is 2.24. The van der Waals surface area contributed by atoms with E-state index >= 15 is 0 Å². The van der Waals surface area contributed by atoms with Gasteiger partial charge in [-0.25, -0.2) is 0 Å². The standard InChI is InChI=1S/C15H18N2O2/c18-12-7-5-11(6-8-12)16-14-9-10-3-1-2-4-13(10)15(19)17-14/h1-4,9,11-12,18H,5-8H2,(H2,16,17,19). The molecule has 1 aliphatic rings. The molecule has 4 nitrogen and oxygen atoms in total. The van der Waals surface area contributed by atoms with E-state index in [1.807, 2.05) is 30.3 Å². The minimum Gasteiger partial charge on any atom is -0.393 e. The highest BCUT2D eigenvalue weighted by molar-refractivity contribution is 5.83. The third kappa shape index (κ3) is 2.63. The summed E-state index contributed by atoms with van der Waals surface area (Å²) in [6, 6.07) is 9.88. The zero-order valence-electron chi connectivity index (χ0n) is 10.7. The second-order valence-electron chi connectivity index (χ2n) is 5.25. The molecule has 19 heavy (non-hydrogen) atoms. The first-order valence-corrected chi connectivity index (χ1v) is 6.79. The highest BCUT2D eigenvalue weighted by atomic mass is 16.3. The molecule has 1 aromatic carbocycles. The second-order valence-corrected chi connectivity index (χ2v) is 5.25. The van der Waals surface area contributed by atoms with Crippen LogP contribution in [0.4, 0.5) is 5.82 Å². The van der Waals surface area contributed by atoms with Gasteiger partial charge in [0.2, 0.25) is 0 Å². The van der Waals surface area contributed by atoms with E-state index in [4.69, 9.17) is 0 Å². The first-order chi connectivity index (χ1) is 9.22. The molecular formula is C15H18N2O2. The van der Waals surface area contributed by atoms with Crippen molar-refractivity contribution in [2.75, 3.05) is 5.32 Å². The molecule has 3 N–H and O–H groups in total. The van der Waals surface area contributed by atoms with Crippen molar-refractivity contribution in [1.29, 1.82) is 0 Å². The zero-order chi connectivity index (χ0) is 13.2. The summed E-state index contributed by atoms with van der Waals surface area (Å²) in [6.07, 6.45) is 3.38. The quantitative estimate of drug-likeness (QED) is 0.774. The Morgan fingerprint density at radius 2 is 1.89 bits per heavy atom. The Labute approximate surface area is 111 Å². The van der Waals surface area contributed by atoms with Crippen molar-refractivity contribution in [2.24, 2.45) is 0 Å². The smallest absolute Gasteiger partial charge is 0.257 e. The van der Waals surface area contributed by atoms with Crippen LogP contribution in [0.25, 0.3) is 10.8 Å². The zero-order valence-corrected chi connectivity index (χ0v) is 10.7. The van der Waals surface area contributed by atoms with Crippen molar-refractivity contribution in [2.45, 2.75) is 37.8 Å². The largest absolute Gasteiger partial charge is 0.393 e. The number of aliphatic hydroxyl groups excluding tert-OH is 1. The average molecular weight is 258 g/mol. The highest BCUT2D eigenvalue weighted by Gasteiger charge is 2.19. The monoisotopic (exact) mass is 258 g/mol. The second kappa shape index (κ2) is 5.05. The summed E-state index contributed by atoms with van der Waals surface area (Å²) in [5.74, 6) is 0.769. The number of hydrogen-bond donors (Lipinski definition) is 3. The molecule has 0 amide bonds. The van der Waals surface area contributed by atoms with Gasteiger partial charge in [-0.3, -0.25) is 4.79 Å². The molecule has 0 atom stereocenters. The number of aromatic amines is 1. The number of nitrogens with one attached hydrogen (secondary N) is 2. The third-order valence-corrected chi connectivity index (χ3v) is 3.81. The summed E-state index contributed by atoms with van der Waals surface area (Å²) < 4.78 is 0. The lowest BCUT2D eigenvalue weighted by atomic mass is 9.93. The van der Waals surface area contributed by atoms with E-state index < -0.39 is 0 Å². The van der Waals surface area contributed by atoms with Gasteiger partial charge in [0.25, 0.3) is 5.56 Å². The lowest BCUT2D eigenvalue weighted by Gasteiger charge is -2.26. The molecule has 0 unspecified atom stereocenters. The van der Waals surface area contributed by atoms with Gasteiger partial charge < -0.3 is 15.4 Å². The van der Waals surface area contributed by atoms with Gasteiger partial charge in [0.15, 0.2) is 0 Å². The molecule has 1 fully saturated rings. The van der Waals surface area contributed by atoms with Gasteiger partial charge in [0.1, 0.15) is 5.82 Å². The Balaban J connectivity index is 1.83. The van der Waals surface area contributed by atoms with E-state index in [-0.39, 0.29) is 11.7 Å². The van der Waals surface area contributed by atoms with E-state index in [1.54, 1.807) is 0 Å². The maximum Gasteiger partial charge on any atom is 0.257 e. The fraction of sp³-hybridized carbons (Fsp3) is 0.400. The van der Waals surface area contributed by atoms with Crippen molar-refractivity contribution in [3.8, 4) is 0 Å². The van der Waals surface area contributed by atoms with Crippen LogP contribution in [0.2, 0.25) is 0 Å². The van der Waals surface area contributed by atoms with Crippen LogP contribution in [0.3, 0.4) is 0 Å². The number of aliphatic hydroxyl groups is 1. The predicted molar refractivity (Wildman–Crippen MR) is 76.5 cm³/mol. The molecule has 1 saturated carbocycles. The van der Waals surface area contributed by atoms with E-state index in [9.17, 15) is 9.90 Å². The van der Waals surface area contributed by atoms with Gasteiger partial charge in [-0.05, 0) is 43.2 Å². The van der Waals surface area contributed by atoms with Crippen LogP contribution in [0.5, 0.6) is 0 Å². The maximum atomic E-state index is 12.0. The van der Waals surface area contributed by atoms with Crippen LogP contribution >= 0.6 is 0 Å². The first-order valence-electron chi connectivity index (χ1n) is 6.79. The minimum atomic E-state index is -0.159. The van der Waals surface area contributed by atoms with Gasteiger partial charge in [0.05, 0.1) is 6.10 Å². The van der Waals surface area contributed by atoms with Crippen LogP contribution in [0.1, 0.15) is 25.7 Å². The molecule has 0 bridgehead atoms. The Hall–Kier alpha value is -1.81. The van der Waals surface area contributed by atoms with Gasteiger partial charge in [0, 0.05) is 11.4 Å². The molecule has 100 valence electrons. The van der Waals surface area contributed by atoms with Crippen molar-refractivity contribution in [3.63, 3.8) is 0 Å². The molecule has 1 aromatic heterocycles. The molecule has 4 heteroatoms. The molecule has 1 aliphatic carbocycles. The summed E-state index contributed by atoms with van der Waals surface area (Å²) >= 11 is 0. The number of benzene rings is 1. The molecule has 1 heterocycles. The van der Waals surface area contributed by atoms with Crippen LogP contribution in [0, 0.1) is 0 Å². The van der Waals surface area contributed by atoms with Gasteiger partial charge in [-0.2, -0.15) is 0 Å². The first kappa shape index (κ1) is 12.2. The molecule has 2 aromatic rings. The van der Waals surface area contributed by atoms with Crippen molar-refractivity contribution in [3.05, 3.63) is 40.7 Å². The Morgan fingerprint density at radius 1 is 1.16 bits per heavy atom.